The quantitative estimate of drug-likeness (QED) is 0.627. The zero-order valence-corrected chi connectivity index (χ0v) is 17.0. The number of hydrogen-bond acceptors (Lipinski definition) is 7. The van der Waals surface area contributed by atoms with Crippen LogP contribution >= 0.6 is 0 Å². The lowest BCUT2D eigenvalue weighted by molar-refractivity contribution is 0.591. The number of nitrogens with zero attached hydrogens (tertiary/aromatic N) is 5. The average molecular weight is 401 g/mol. The maximum atomic E-state index is 12.5. The average Bonchev–Trinajstić information content (AvgIpc) is 3.15. The van der Waals surface area contributed by atoms with Crippen LogP contribution in [0, 0.1) is 0 Å². The van der Waals surface area contributed by atoms with Gasteiger partial charge in [-0.3, -0.25) is 4.72 Å². The van der Waals surface area contributed by atoms with Gasteiger partial charge in [0.1, 0.15) is 0 Å². The van der Waals surface area contributed by atoms with Gasteiger partial charge in [-0.05, 0) is 38.1 Å². The first-order valence-corrected chi connectivity index (χ1v) is 10.2. The molecule has 0 radical (unpaired) electrons. The lowest BCUT2D eigenvalue weighted by Gasteiger charge is -2.13. The van der Waals surface area contributed by atoms with E-state index >= 15 is 0 Å². The number of imidazole rings is 1. The van der Waals surface area contributed by atoms with Crippen molar-refractivity contribution in [2.45, 2.75) is 24.9 Å². The molecule has 0 atom stereocenters. The van der Waals surface area contributed by atoms with Gasteiger partial charge >= 0.3 is 0 Å². The third-order valence-electron chi connectivity index (χ3n) is 4.02. The van der Waals surface area contributed by atoms with E-state index in [0.717, 1.165) is 11.4 Å². The molecule has 0 amide bonds. The largest absolute Gasteiger partial charge is 0.376 e. The van der Waals surface area contributed by atoms with Crippen LogP contribution in [0.2, 0.25) is 0 Å². The Morgan fingerprint density at radius 2 is 1.79 bits per heavy atom. The molecule has 148 valence electrons. The fourth-order valence-electron chi connectivity index (χ4n) is 2.38. The highest BCUT2D eigenvalue weighted by Gasteiger charge is 2.18. The van der Waals surface area contributed by atoms with Crippen molar-refractivity contribution < 1.29 is 8.42 Å². The topological polar surface area (TPSA) is 105 Å². The summed E-state index contributed by atoms with van der Waals surface area (Å²) in [6, 6.07) is 8.86. The zero-order valence-electron chi connectivity index (χ0n) is 16.2. The summed E-state index contributed by atoms with van der Waals surface area (Å²) < 4.78 is 29.3. The van der Waals surface area contributed by atoms with Gasteiger partial charge in [0.05, 0.1) is 18.2 Å². The van der Waals surface area contributed by atoms with Crippen LogP contribution in [0.5, 0.6) is 0 Å². The summed E-state index contributed by atoms with van der Waals surface area (Å²) in [7, 11) is 0.102. The number of aromatic nitrogens is 4. The number of nitrogens with one attached hydrogen (secondary N) is 2. The van der Waals surface area contributed by atoms with Crippen molar-refractivity contribution in [2.24, 2.45) is 0 Å². The van der Waals surface area contributed by atoms with Crippen molar-refractivity contribution in [1.29, 1.82) is 0 Å². The number of hydrogen-bond donors (Lipinski definition) is 2. The summed E-state index contributed by atoms with van der Waals surface area (Å²) >= 11 is 0. The minimum atomic E-state index is -3.74. The van der Waals surface area contributed by atoms with Crippen LogP contribution in [0.1, 0.15) is 19.9 Å². The van der Waals surface area contributed by atoms with Gasteiger partial charge in [-0.2, -0.15) is 13.5 Å². The van der Waals surface area contributed by atoms with Gasteiger partial charge in [0.25, 0.3) is 10.0 Å². The number of rotatable bonds is 7. The molecular formula is C18H23N7O2S. The summed E-state index contributed by atoms with van der Waals surface area (Å²) in [6.07, 6.45) is 4.69. The Hall–Kier alpha value is -3.14. The Morgan fingerprint density at radius 3 is 2.39 bits per heavy atom. The summed E-state index contributed by atoms with van der Waals surface area (Å²) in [5.41, 5.74) is 2.12. The van der Waals surface area contributed by atoms with Crippen LogP contribution in [-0.2, 0) is 10.0 Å². The SMILES string of the molecule is CC(C)n1cnc(S(=O)(=O)Nc2ccc(Nc3cc(N(C)C)cnn3)cc2)c1. The van der Waals surface area contributed by atoms with Gasteiger partial charge in [-0.25, -0.2) is 4.98 Å². The zero-order chi connectivity index (χ0) is 20.3. The van der Waals surface area contributed by atoms with Gasteiger partial charge < -0.3 is 14.8 Å². The van der Waals surface area contributed by atoms with E-state index in [1.165, 1.54) is 12.5 Å². The Bertz CT molecular complexity index is 1040. The molecule has 3 aromatic rings. The molecule has 9 nitrogen and oxygen atoms in total. The number of sulfonamides is 1. The standard InChI is InChI=1S/C18H23N7O2S/c1-13(2)25-11-18(19-12-25)28(26,27)23-15-7-5-14(6-8-15)21-17-9-16(24(3)4)10-20-22-17/h5-13,23H,1-4H3,(H,21,22). The fourth-order valence-corrected chi connectivity index (χ4v) is 3.38. The lowest BCUT2D eigenvalue weighted by atomic mass is 10.3. The maximum Gasteiger partial charge on any atom is 0.280 e. The van der Waals surface area contributed by atoms with Crippen molar-refractivity contribution in [3.8, 4) is 0 Å². The van der Waals surface area contributed by atoms with E-state index < -0.39 is 10.0 Å². The minimum absolute atomic E-state index is 0.0147. The molecule has 0 aliphatic heterocycles. The Labute approximate surface area is 164 Å². The van der Waals surface area contributed by atoms with E-state index in [1.807, 2.05) is 38.9 Å². The third kappa shape index (κ3) is 4.58. The van der Waals surface area contributed by atoms with Crippen LogP contribution in [0.15, 0.2) is 54.1 Å². The first-order valence-electron chi connectivity index (χ1n) is 8.68. The highest BCUT2D eigenvalue weighted by molar-refractivity contribution is 7.92. The second-order valence-corrected chi connectivity index (χ2v) is 8.38. The molecule has 2 aromatic heterocycles. The van der Waals surface area contributed by atoms with Crippen molar-refractivity contribution in [3.05, 3.63) is 49.1 Å². The minimum Gasteiger partial charge on any atom is -0.376 e. The number of anilines is 4. The monoisotopic (exact) mass is 401 g/mol. The van der Waals surface area contributed by atoms with Crippen LogP contribution in [0.3, 0.4) is 0 Å². The molecule has 2 N–H and O–H groups in total. The summed E-state index contributed by atoms with van der Waals surface area (Å²) in [5, 5.41) is 11.1. The molecule has 0 aliphatic carbocycles. The predicted octanol–water partition coefficient (Wildman–Crippen LogP) is 2.86. The van der Waals surface area contributed by atoms with Crippen molar-refractivity contribution >= 4 is 32.9 Å². The van der Waals surface area contributed by atoms with Crippen molar-refractivity contribution in [2.75, 3.05) is 29.0 Å². The molecule has 0 bridgehead atoms. The molecule has 0 saturated carbocycles. The van der Waals surface area contributed by atoms with Gasteiger partial charge in [0.15, 0.2) is 10.8 Å². The van der Waals surface area contributed by atoms with Gasteiger partial charge in [-0.15, -0.1) is 5.10 Å². The molecule has 2 heterocycles. The molecule has 1 aromatic carbocycles. The highest BCUT2D eigenvalue weighted by Crippen LogP contribution is 2.21. The Kier molecular flexibility index (Phi) is 5.50. The van der Waals surface area contributed by atoms with Crippen LogP contribution in [-0.4, -0.2) is 42.3 Å². The van der Waals surface area contributed by atoms with Crippen LogP contribution < -0.4 is 14.9 Å². The first kappa shape index (κ1) is 19.6. The normalized spacial score (nSPS) is 11.5. The molecule has 0 unspecified atom stereocenters. The highest BCUT2D eigenvalue weighted by atomic mass is 32.2. The molecule has 0 saturated heterocycles. The fraction of sp³-hybridized carbons (Fsp3) is 0.278. The third-order valence-corrected chi connectivity index (χ3v) is 5.28. The van der Waals surface area contributed by atoms with E-state index in [2.05, 4.69) is 25.2 Å². The van der Waals surface area contributed by atoms with Crippen LogP contribution in [0.25, 0.3) is 0 Å². The number of benzene rings is 1. The smallest absolute Gasteiger partial charge is 0.280 e. The Morgan fingerprint density at radius 1 is 1.11 bits per heavy atom. The van der Waals surface area contributed by atoms with E-state index in [4.69, 9.17) is 0 Å². The van der Waals surface area contributed by atoms with E-state index in [-0.39, 0.29) is 11.1 Å². The Balaban J connectivity index is 1.71. The molecule has 0 fully saturated rings. The van der Waals surface area contributed by atoms with E-state index in [9.17, 15) is 8.42 Å². The second kappa shape index (κ2) is 7.85. The molecule has 0 spiro atoms. The second-order valence-electron chi connectivity index (χ2n) is 6.75. The summed E-state index contributed by atoms with van der Waals surface area (Å²) in [4.78, 5) is 5.91. The molecule has 3 rings (SSSR count). The molecule has 10 heteroatoms. The molecule has 28 heavy (non-hydrogen) atoms. The maximum absolute atomic E-state index is 12.5. The molecular weight excluding hydrogens is 378 g/mol. The van der Waals surface area contributed by atoms with Crippen molar-refractivity contribution in [1.82, 2.24) is 19.7 Å². The van der Waals surface area contributed by atoms with E-state index in [0.29, 0.717) is 11.5 Å². The van der Waals surface area contributed by atoms with Gasteiger partial charge in [0, 0.05) is 43.8 Å². The predicted molar refractivity (Wildman–Crippen MR) is 110 cm³/mol. The van der Waals surface area contributed by atoms with Gasteiger partial charge in [0.2, 0.25) is 0 Å². The van der Waals surface area contributed by atoms with Gasteiger partial charge in [-0.1, -0.05) is 0 Å². The summed E-state index contributed by atoms with van der Waals surface area (Å²) in [6.45, 7) is 3.91. The van der Waals surface area contributed by atoms with Crippen LogP contribution in [0.4, 0.5) is 22.9 Å². The van der Waals surface area contributed by atoms with Crippen molar-refractivity contribution in [3.63, 3.8) is 0 Å². The first-order chi connectivity index (χ1) is 13.2. The molecule has 0 aliphatic rings. The lowest BCUT2D eigenvalue weighted by Crippen LogP contribution is -2.13. The van der Waals surface area contributed by atoms with E-state index in [1.54, 1.807) is 35.0 Å². The summed E-state index contributed by atoms with van der Waals surface area (Å²) in [5.74, 6) is 0.596.